The van der Waals surface area contributed by atoms with Gasteiger partial charge in [-0.25, -0.2) is 0 Å². The zero-order valence-electron chi connectivity index (χ0n) is 12.5. The van der Waals surface area contributed by atoms with Crippen molar-refractivity contribution in [2.24, 2.45) is 0 Å². The van der Waals surface area contributed by atoms with E-state index in [2.05, 4.69) is 79.5 Å². The molecule has 0 atom stereocenters. The Bertz CT molecular complexity index is 594. The van der Waals surface area contributed by atoms with Crippen molar-refractivity contribution in [3.05, 3.63) is 54.1 Å². The molecule has 1 aliphatic rings. The lowest BCUT2D eigenvalue weighted by Gasteiger charge is -2.32. The second kappa shape index (κ2) is 4.86. The molecule has 0 bridgehead atoms. The average Bonchev–Trinajstić information content (AvgIpc) is 2.46. The van der Waals surface area contributed by atoms with E-state index < -0.39 is 0 Å². The maximum Gasteiger partial charge on any atom is 0.0647 e. The molecule has 0 saturated heterocycles. The predicted molar refractivity (Wildman–Crippen MR) is 87.1 cm³/mol. The normalized spacial score (nSPS) is 14.7. The van der Waals surface area contributed by atoms with E-state index in [-0.39, 0.29) is 5.41 Å². The highest BCUT2D eigenvalue weighted by Crippen LogP contribution is 2.35. The zero-order valence-corrected chi connectivity index (χ0v) is 12.5. The SMILES string of the molecule is CC(C)(C)c1ccc(N2CCNc3ccccc32)cc1. The van der Waals surface area contributed by atoms with Crippen LogP contribution in [0.5, 0.6) is 0 Å². The third-order valence-electron chi connectivity index (χ3n) is 3.89. The first-order chi connectivity index (χ1) is 9.55. The van der Waals surface area contributed by atoms with Crippen molar-refractivity contribution in [2.75, 3.05) is 23.3 Å². The zero-order chi connectivity index (χ0) is 14.2. The third kappa shape index (κ3) is 2.38. The van der Waals surface area contributed by atoms with Crippen molar-refractivity contribution >= 4 is 17.1 Å². The van der Waals surface area contributed by atoms with E-state index in [9.17, 15) is 0 Å². The number of anilines is 3. The Morgan fingerprint density at radius 2 is 1.65 bits per heavy atom. The van der Waals surface area contributed by atoms with E-state index in [0.29, 0.717) is 0 Å². The van der Waals surface area contributed by atoms with Crippen LogP contribution in [0.3, 0.4) is 0 Å². The molecule has 0 unspecified atom stereocenters. The predicted octanol–water partition coefficient (Wildman–Crippen LogP) is 4.55. The lowest BCUT2D eigenvalue weighted by Crippen LogP contribution is -2.30. The fourth-order valence-corrected chi connectivity index (χ4v) is 2.69. The Hall–Kier alpha value is -1.96. The first-order valence-electron chi connectivity index (χ1n) is 7.27. The highest BCUT2D eigenvalue weighted by Gasteiger charge is 2.18. The maximum atomic E-state index is 3.46. The Morgan fingerprint density at radius 3 is 2.35 bits per heavy atom. The van der Waals surface area contributed by atoms with Gasteiger partial charge in [-0.05, 0) is 35.2 Å². The first kappa shape index (κ1) is 13.0. The molecule has 2 nitrogen and oxygen atoms in total. The molecule has 0 radical (unpaired) electrons. The molecule has 1 N–H and O–H groups in total. The molecule has 20 heavy (non-hydrogen) atoms. The summed E-state index contributed by atoms with van der Waals surface area (Å²) in [6, 6.07) is 17.5. The number of benzene rings is 2. The van der Waals surface area contributed by atoms with Gasteiger partial charge in [-0.2, -0.15) is 0 Å². The number of nitrogens with zero attached hydrogens (tertiary/aromatic N) is 1. The van der Waals surface area contributed by atoms with Crippen molar-refractivity contribution in [1.82, 2.24) is 0 Å². The maximum absolute atomic E-state index is 3.46. The minimum absolute atomic E-state index is 0.208. The van der Waals surface area contributed by atoms with E-state index in [1.807, 2.05) is 0 Å². The van der Waals surface area contributed by atoms with Gasteiger partial charge in [0.15, 0.2) is 0 Å². The van der Waals surface area contributed by atoms with Gasteiger partial charge in [-0.15, -0.1) is 0 Å². The molecular weight excluding hydrogens is 244 g/mol. The van der Waals surface area contributed by atoms with Crippen LogP contribution in [-0.4, -0.2) is 13.1 Å². The van der Waals surface area contributed by atoms with Crippen LogP contribution in [0.4, 0.5) is 17.1 Å². The summed E-state index contributed by atoms with van der Waals surface area (Å²) in [7, 11) is 0. The molecule has 0 saturated carbocycles. The Morgan fingerprint density at radius 1 is 0.950 bits per heavy atom. The highest BCUT2D eigenvalue weighted by molar-refractivity contribution is 5.78. The summed E-state index contributed by atoms with van der Waals surface area (Å²) in [5.41, 5.74) is 5.34. The quantitative estimate of drug-likeness (QED) is 0.814. The molecular formula is C18H22N2. The highest BCUT2D eigenvalue weighted by atomic mass is 15.2. The summed E-state index contributed by atoms with van der Waals surface area (Å²) in [6.07, 6.45) is 0. The van der Waals surface area contributed by atoms with Gasteiger partial charge in [0.25, 0.3) is 0 Å². The van der Waals surface area contributed by atoms with Crippen LogP contribution >= 0.6 is 0 Å². The van der Waals surface area contributed by atoms with E-state index in [4.69, 9.17) is 0 Å². The molecule has 1 heterocycles. The lowest BCUT2D eigenvalue weighted by atomic mass is 9.87. The molecule has 0 aliphatic carbocycles. The van der Waals surface area contributed by atoms with Gasteiger partial charge in [0.05, 0.1) is 11.4 Å². The topological polar surface area (TPSA) is 15.3 Å². The van der Waals surface area contributed by atoms with Crippen molar-refractivity contribution < 1.29 is 0 Å². The minimum atomic E-state index is 0.208. The number of hydrogen-bond donors (Lipinski definition) is 1. The smallest absolute Gasteiger partial charge is 0.0647 e. The molecule has 3 rings (SSSR count). The lowest BCUT2D eigenvalue weighted by molar-refractivity contribution is 0.590. The molecule has 2 heteroatoms. The Labute approximate surface area is 121 Å². The van der Waals surface area contributed by atoms with Gasteiger partial charge in [-0.3, -0.25) is 0 Å². The molecule has 0 aromatic heterocycles. The molecule has 2 aromatic carbocycles. The third-order valence-corrected chi connectivity index (χ3v) is 3.89. The first-order valence-corrected chi connectivity index (χ1v) is 7.27. The van der Waals surface area contributed by atoms with Crippen molar-refractivity contribution in [1.29, 1.82) is 0 Å². The molecule has 0 spiro atoms. The van der Waals surface area contributed by atoms with Gasteiger partial charge in [-0.1, -0.05) is 45.0 Å². The number of nitrogens with one attached hydrogen (secondary N) is 1. The van der Waals surface area contributed by atoms with Gasteiger partial charge >= 0.3 is 0 Å². The van der Waals surface area contributed by atoms with Crippen LogP contribution in [0, 0.1) is 0 Å². The van der Waals surface area contributed by atoms with Crippen LogP contribution in [0.1, 0.15) is 26.3 Å². The second-order valence-electron chi connectivity index (χ2n) is 6.39. The van der Waals surface area contributed by atoms with E-state index in [1.54, 1.807) is 0 Å². The van der Waals surface area contributed by atoms with Gasteiger partial charge in [0.1, 0.15) is 0 Å². The second-order valence-corrected chi connectivity index (χ2v) is 6.39. The van der Waals surface area contributed by atoms with Gasteiger partial charge in [0, 0.05) is 18.8 Å². The number of hydrogen-bond acceptors (Lipinski definition) is 2. The molecule has 2 aromatic rings. The van der Waals surface area contributed by atoms with E-state index in [1.165, 1.54) is 22.6 Å². The number of fused-ring (bicyclic) bond motifs is 1. The summed E-state index contributed by atoms with van der Waals surface area (Å²) >= 11 is 0. The van der Waals surface area contributed by atoms with Crippen LogP contribution in [0.15, 0.2) is 48.5 Å². The molecule has 0 amide bonds. The fraction of sp³-hybridized carbons (Fsp3) is 0.333. The molecule has 1 aliphatic heterocycles. The van der Waals surface area contributed by atoms with Crippen molar-refractivity contribution in [3.8, 4) is 0 Å². The average molecular weight is 266 g/mol. The van der Waals surface area contributed by atoms with Crippen LogP contribution < -0.4 is 10.2 Å². The van der Waals surface area contributed by atoms with Crippen LogP contribution in [0.2, 0.25) is 0 Å². The fourth-order valence-electron chi connectivity index (χ4n) is 2.69. The minimum Gasteiger partial charge on any atom is -0.382 e. The summed E-state index contributed by atoms with van der Waals surface area (Å²) in [5.74, 6) is 0. The Balaban J connectivity index is 1.95. The standard InChI is InChI=1S/C18H22N2/c1-18(2,3)14-8-10-15(11-9-14)20-13-12-19-16-6-4-5-7-17(16)20/h4-11,19H,12-13H2,1-3H3. The molecule has 0 fully saturated rings. The molecule has 104 valence electrons. The van der Waals surface area contributed by atoms with E-state index >= 15 is 0 Å². The summed E-state index contributed by atoms with van der Waals surface area (Å²) < 4.78 is 0. The van der Waals surface area contributed by atoms with E-state index in [0.717, 1.165) is 13.1 Å². The number of para-hydroxylation sites is 2. The largest absolute Gasteiger partial charge is 0.382 e. The monoisotopic (exact) mass is 266 g/mol. The van der Waals surface area contributed by atoms with Crippen molar-refractivity contribution in [3.63, 3.8) is 0 Å². The van der Waals surface area contributed by atoms with Gasteiger partial charge in [0.2, 0.25) is 0 Å². The number of rotatable bonds is 1. The van der Waals surface area contributed by atoms with Crippen molar-refractivity contribution in [2.45, 2.75) is 26.2 Å². The van der Waals surface area contributed by atoms with Crippen LogP contribution in [0.25, 0.3) is 0 Å². The summed E-state index contributed by atoms with van der Waals surface area (Å²) in [6.45, 7) is 8.75. The Kier molecular flexibility index (Phi) is 3.17. The summed E-state index contributed by atoms with van der Waals surface area (Å²) in [4.78, 5) is 2.39. The van der Waals surface area contributed by atoms with Gasteiger partial charge < -0.3 is 10.2 Å². The van der Waals surface area contributed by atoms with Crippen LogP contribution in [-0.2, 0) is 5.41 Å². The summed E-state index contributed by atoms with van der Waals surface area (Å²) in [5, 5.41) is 3.46.